The normalized spacial score (nSPS) is 11.8. The largest absolute Gasteiger partial charge is 1.00 e. The molecule has 0 atom stereocenters. The zero-order chi connectivity index (χ0) is 43.0. The first kappa shape index (κ1) is 65.9. The van der Waals surface area contributed by atoms with Crippen LogP contribution in [0.1, 0.15) is 20.7 Å². The second-order valence-electron chi connectivity index (χ2n) is 11.5. The van der Waals surface area contributed by atoms with Gasteiger partial charge in [-0.3, -0.25) is 9.59 Å². The summed E-state index contributed by atoms with van der Waals surface area (Å²) in [5, 5.41) is 0.528. The van der Waals surface area contributed by atoms with Gasteiger partial charge in [0.1, 0.15) is 60.7 Å². The van der Waals surface area contributed by atoms with E-state index >= 15 is 0 Å². The van der Waals surface area contributed by atoms with Crippen molar-refractivity contribution in [2.45, 2.75) is 29.4 Å². The van der Waals surface area contributed by atoms with Crippen molar-refractivity contribution < 1.29 is 265 Å². The van der Waals surface area contributed by atoms with Gasteiger partial charge in [-0.2, -0.15) is 0 Å². The fourth-order valence-corrected chi connectivity index (χ4v) is 9.10. The number of nitrogens with one attached hydrogen (secondary N) is 2. The monoisotopic (exact) mass is 1040 g/mol. The van der Waals surface area contributed by atoms with Crippen LogP contribution in [0.3, 0.4) is 0 Å². The molecule has 0 aliphatic rings. The fraction of sp³-hybridized carbons (Fsp3) is 0. The van der Waals surface area contributed by atoms with Crippen LogP contribution < -0.4 is 194 Å². The molecule has 63 heavy (non-hydrogen) atoms. The third kappa shape index (κ3) is 15.9. The SMILES string of the molecule is Nc1cc(C(=O)Nc2cc(S(=O)(=O)[O-])cc3cc(S(=O)(=O)[O-])cc(S(=O)(=O)[O-])c23)cc(C(=O)Nc2cc(S(=O)(=O)[O-])cc3cc(S(=O)(=O)[O-])cc(S(=O)(=O)[O-])c23)c1.[Na+].[Na+].[Na+].[Na+].[Na+].[Na+]. The first-order valence-electron chi connectivity index (χ1n) is 14.3. The van der Waals surface area contributed by atoms with E-state index in [2.05, 4.69) is 0 Å². The number of nitrogens with two attached hydrogens (primary N) is 1. The van der Waals surface area contributed by atoms with E-state index in [1.807, 2.05) is 10.6 Å². The minimum absolute atomic E-state index is 0. The van der Waals surface area contributed by atoms with E-state index < -0.39 is 152 Å². The first-order chi connectivity index (χ1) is 25.7. The standard InChI is InChI=1S/C28H21N3O20S6.6Na/c29-16-2-14(27(32)30-21-8-17(52(34,35)36)4-12-6-19(54(40,41)42)10-23(25(12)21)56(46,47)48)1-15(3-16)28(33)31-22-9-18(53(37,38)39)5-13-7-20(55(43,44)45)11-24(26(13)22)57(49,50)51;;;;;;/h1-11H,29H2,(H,30,32)(H,31,33)(H,34,35,36)(H,37,38,39)(H,40,41,42)(H,43,44,45)(H,46,47,48)(H,49,50,51);;;;;;/q;6*+1/p-6. The van der Waals surface area contributed by atoms with E-state index in [-0.39, 0.29) is 189 Å². The number of amides is 2. The van der Waals surface area contributed by atoms with Crippen LogP contribution in [-0.4, -0.2) is 89.6 Å². The molecule has 5 aromatic carbocycles. The molecule has 23 nitrogen and oxygen atoms in total. The van der Waals surface area contributed by atoms with Crippen molar-refractivity contribution in [2.75, 3.05) is 16.4 Å². The van der Waals surface area contributed by atoms with Crippen molar-refractivity contribution in [3.63, 3.8) is 0 Å². The molecule has 0 heterocycles. The van der Waals surface area contributed by atoms with Gasteiger partial charge in [0.05, 0.1) is 40.7 Å². The van der Waals surface area contributed by atoms with E-state index in [9.17, 15) is 87.4 Å². The Morgan fingerprint density at radius 3 is 0.873 bits per heavy atom. The van der Waals surface area contributed by atoms with Crippen LogP contribution in [0.15, 0.2) is 96.1 Å². The minimum atomic E-state index is -5.75. The summed E-state index contributed by atoms with van der Waals surface area (Å²) in [6.07, 6.45) is 0. The maximum absolute atomic E-state index is 13.5. The quantitative estimate of drug-likeness (QED) is 0.0664. The molecule has 2 amide bonds. The van der Waals surface area contributed by atoms with Crippen LogP contribution in [0.5, 0.6) is 0 Å². The molecule has 0 saturated carbocycles. The molecule has 0 saturated heterocycles. The van der Waals surface area contributed by atoms with Crippen LogP contribution in [0.4, 0.5) is 17.1 Å². The Hall–Kier alpha value is 0.820. The van der Waals surface area contributed by atoms with Gasteiger partial charge < -0.3 is 43.7 Å². The van der Waals surface area contributed by atoms with Gasteiger partial charge in [-0.05, 0) is 77.5 Å². The maximum Gasteiger partial charge on any atom is 1.00 e. The third-order valence-electron chi connectivity index (χ3n) is 7.59. The van der Waals surface area contributed by atoms with Crippen molar-refractivity contribution in [1.29, 1.82) is 0 Å². The molecule has 0 bridgehead atoms. The van der Waals surface area contributed by atoms with Crippen molar-refractivity contribution in [1.82, 2.24) is 0 Å². The summed E-state index contributed by atoms with van der Waals surface area (Å²) >= 11 is 0. The summed E-state index contributed by atoms with van der Waals surface area (Å²) in [5.74, 6) is -2.85. The summed E-state index contributed by atoms with van der Waals surface area (Å²) in [5.41, 5.74) is 2.13. The molecular formula is C28H15N3Na6O20S6. The summed E-state index contributed by atoms with van der Waals surface area (Å²) < 4.78 is 215. The third-order valence-corrected chi connectivity index (χ3v) is 12.6. The number of anilines is 3. The molecule has 0 aliphatic carbocycles. The Kier molecular flexibility index (Phi) is 24.7. The van der Waals surface area contributed by atoms with Gasteiger partial charge in [0, 0.05) is 27.6 Å². The van der Waals surface area contributed by atoms with E-state index in [1.54, 1.807) is 0 Å². The summed E-state index contributed by atoms with van der Waals surface area (Å²) in [6, 6.07) is 4.93. The first-order valence-corrected chi connectivity index (χ1v) is 22.7. The fourth-order valence-electron chi connectivity index (χ4n) is 5.32. The maximum atomic E-state index is 13.5. The van der Waals surface area contributed by atoms with Gasteiger partial charge in [0.2, 0.25) is 0 Å². The molecule has 0 aliphatic heterocycles. The zero-order valence-corrected chi connectivity index (χ0v) is 49.9. The van der Waals surface area contributed by atoms with Crippen LogP contribution >= 0.6 is 0 Å². The molecule has 0 radical (unpaired) electrons. The average Bonchev–Trinajstić information content (AvgIpc) is 3.04. The molecule has 0 unspecified atom stereocenters. The Morgan fingerprint density at radius 2 is 0.635 bits per heavy atom. The van der Waals surface area contributed by atoms with Crippen molar-refractivity contribution >= 4 is 111 Å². The average molecular weight is 1040 g/mol. The molecule has 5 aromatic rings. The number of hydrogen-bond donors (Lipinski definition) is 3. The van der Waals surface area contributed by atoms with Gasteiger partial charge in [0.15, 0.2) is 0 Å². The molecule has 0 spiro atoms. The number of carbonyl (C=O) groups excluding carboxylic acids is 2. The topological polar surface area (TPSA) is 427 Å². The predicted octanol–water partition coefficient (Wildman–Crippen LogP) is -18.5. The van der Waals surface area contributed by atoms with Crippen molar-refractivity contribution in [3.8, 4) is 0 Å². The Balaban J connectivity index is 0. The molecule has 0 aromatic heterocycles. The number of rotatable bonds is 10. The van der Waals surface area contributed by atoms with E-state index in [0.717, 1.165) is 12.1 Å². The van der Waals surface area contributed by atoms with Crippen LogP contribution in [0.2, 0.25) is 0 Å². The van der Waals surface area contributed by atoms with Crippen molar-refractivity contribution in [3.05, 3.63) is 77.9 Å². The second kappa shape index (κ2) is 23.6. The van der Waals surface area contributed by atoms with E-state index in [4.69, 9.17) is 5.73 Å². The molecule has 5 rings (SSSR count). The van der Waals surface area contributed by atoms with Gasteiger partial charge >= 0.3 is 177 Å². The van der Waals surface area contributed by atoms with Gasteiger partial charge in [-0.25, -0.2) is 50.5 Å². The molecule has 304 valence electrons. The predicted molar refractivity (Wildman–Crippen MR) is 182 cm³/mol. The van der Waals surface area contributed by atoms with E-state index in [0.29, 0.717) is 42.5 Å². The van der Waals surface area contributed by atoms with Gasteiger partial charge in [0.25, 0.3) is 11.8 Å². The summed E-state index contributed by atoms with van der Waals surface area (Å²) in [7, 11) is -33.6. The second-order valence-corrected chi connectivity index (χ2v) is 19.7. The molecule has 0 fully saturated rings. The zero-order valence-electron chi connectivity index (χ0n) is 33.0. The number of fused-ring (bicyclic) bond motifs is 2. The Labute approximate surface area is 491 Å². The summed E-state index contributed by atoms with van der Waals surface area (Å²) in [4.78, 5) is 18.9. The van der Waals surface area contributed by atoms with E-state index in [1.165, 1.54) is 0 Å². The molecule has 4 N–H and O–H groups in total. The van der Waals surface area contributed by atoms with Crippen LogP contribution in [-0.2, 0) is 60.7 Å². The van der Waals surface area contributed by atoms with Gasteiger partial charge in [-0.1, -0.05) is 0 Å². The number of carbonyl (C=O) groups is 2. The number of nitrogen functional groups attached to an aromatic ring is 1. The molecule has 35 heteroatoms. The Morgan fingerprint density at radius 1 is 0.381 bits per heavy atom. The Bertz CT molecular complexity index is 3130. The van der Waals surface area contributed by atoms with Gasteiger partial charge in [-0.15, -0.1) is 0 Å². The summed E-state index contributed by atoms with van der Waals surface area (Å²) in [6.45, 7) is 0. The smallest absolute Gasteiger partial charge is 0.744 e. The van der Waals surface area contributed by atoms with Crippen LogP contribution in [0.25, 0.3) is 21.5 Å². The minimum Gasteiger partial charge on any atom is -0.744 e. The number of hydrogen-bond acceptors (Lipinski definition) is 21. The molecular weight excluding hydrogens is 1030 g/mol. The van der Waals surface area contributed by atoms with Crippen molar-refractivity contribution in [2.24, 2.45) is 0 Å². The van der Waals surface area contributed by atoms with Crippen LogP contribution in [0, 0.1) is 0 Å². The number of benzene rings is 5.